The van der Waals surface area contributed by atoms with Crippen LogP contribution in [-0.4, -0.2) is 28.8 Å². The lowest BCUT2D eigenvalue weighted by molar-refractivity contribution is -0.122. The molecule has 0 radical (unpaired) electrons. The molecule has 2 N–H and O–H groups in total. The molecule has 2 heterocycles. The van der Waals surface area contributed by atoms with E-state index in [1.807, 2.05) is 49.6 Å². The summed E-state index contributed by atoms with van der Waals surface area (Å²) in [7, 11) is 1.84. The number of hydrogen-bond donors (Lipinski definition) is 2. The van der Waals surface area contributed by atoms with E-state index in [0.717, 1.165) is 31.5 Å². The van der Waals surface area contributed by atoms with E-state index in [4.69, 9.17) is 0 Å². The molecule has 110 valence electrons. The summed E-state index contributed by atoms with van der Waals surface area (Å²) in [6.45, 7) is 1.70. The third-order valence-corrected chi connectivity index (χ3v) is 4.17. The molecule has 5 nitrogen and oxygen atoms in total. The second-order valence-electron chi connectivity index (χ2n) is 5.53. The maximum atomic E-state index is 12.9. The summed E-state index contributed by atoms with van der Waals surface area (Å²) in [6, 6.07) is 11.9. The van der Waals surface area contributed by atoms with Crippen LogP contribution < -0.4 is 10.6 Å². The molecule has 21 heavy (non-hydrogen) atoms. The summed E-state index contributed by atoms with van der Waals surface area (Å²) >= 11 is 0. The molecule has 0 saturated carbocycles. The topological polar surface area (TPSA) is 59.0 Å². The Morgan fingerprint density at radius 3 is 2.57 bits per heavy atom. The van der Waals surface area contributed by atoms with Crippen LogP contribution in [0.25, 0.3) is 0 Å². The Kier molecular flexibility index (Phi) is 3.75. The Morgan fingerprint density at radius 1 is 1.24 bits per heavy atom. The van der Waals surface area contributed by atoms with Crippen molar-refractivity contribution in [2.24, 2.45) is 7.05 Å². The number of piperidine rings is 1. The minimum Gasteiger partial charge on any atom is -0.317 e. The van der Waals surface area contributed by atoms with Gasteiger partial charge in [-0.05, 0) is 31.5 Å². The van der Waals surface area contributed by atoms with Crippen molar-refractivity contribution in [2.75, 3.05) is 18.4 Å². The first-order valence-electron chi connectivity index (χ1n) is 7.28. The number of hydrogen-bond acceptors (Lipinski definition) is 3. The Hall–Kier alpha value is -2.14. The molecule has 0 spiro atoms. The number of aromatic nitrogens is 2. The molecule has 0 unspecified atom stereocenters. The summed E-state index contributed by atoms with van der Waals surface area (Å²) in [5.74, 6) is 0.644. The fourth-order valence-corrected chi connectivity index (χ4v) is 2.98. The van der Waals surface area contributed by atoms with Crippen molar-refractivity contribution in [2.45, 2.75) is 18.3 Å². The Bertz CT molecular complexity index is 614. The third-order valence-electron chi connectivity index (χ3n) is 4.17. The molecule has 1 aliphatic heterocycles. The number of amides is 1. The highest BCUT2D eigenvalue weighted by atomic mass is 16.2. The highest BCUT2D eigenvalue weighted by Crippen LogP contribution is 2.34. The monoisotopic (exact) mass is 284 g/mol. The van der Waals surface area contributed by atoms with Crippen LogP contribution in [0.3, 0.4) is 0 Å². The number of nitrogens with zero attached hydrogens (tertiary/aromatic N) is 2. The zero-order valence-electron chi connectivity index (χ0n) is 12.2. The summed E-state index contributed by atoms with van der Waals surface area (Å²) < 4.78 is 1.69. The first-order valence-corrected chi connectivity index (χ1v) is 7.28. The van der Waals surface area contributed by atoms with Gasteiger partial charge in [-0.3, -0.25) is 9.48 Å². The lowest BCUT2D eigenvalue weighted by Crippen LogP contribution is -2.48. The minimum absolute atomic E-state index is 0.0360. The van der Waals surface area contributed by atoms with Crippen molar-refractivity contribution in [1.82, 2.24) is 15.1 Å². The average molecular weight is 284 g/mol. The summed E-state index contributed by atoms with van der Waals surface area (Å²) in [6.07, 6.45) is 3.43. The molecule has 1 amide bonds. The Morgan fingerprint density at radius 2 is 1.95 bits per heavy atom. The van der Waals surface area contributed by atoms with Gasteiger partial charge in [0.05, 0.1) is 5.41 Å². The highest BCUT2D eigenvalue weighted by molar-refractivity contribution is 5.98. The van der Waals surface area contributed by atoms with Gasteiger partial charge in [0.25, 0.3) is 0 Å². The molecule has 0 aliphatic carbocycles. The van der Waals surface area contributed by atoms with Gasteiger partial charge in [0, 0.05) is 19.3 Å². The maximum Gasteiger partial charge on any atom is 0.236 e. The largest absolute Gasteiger partial charge is 0.317 e. The number of nitrogens with one attached hydrogen (secondary N) is 2. The van der Waals surface area contributed by atoms with E-state index in [0.29, 0.717) is 5.82 Å². The zero-order chi connectivity index (χ0) is 14.7. The van der Waals surface area contributed by atoms with Crippen molar-refractivity contribution < 1.29 is 4.79 Å². The maximum absolute atomic E-state index is 12.9. The predicted octanol–water partition coefficient (Wildman–Crippen LogP) is 1.68. The second-order valence-corrected chi connectivity index (χ2v) is 5.53. The number of anilines is 1. The van der Waals surface area contributed by atoms with E-state index in [-0.39, 0.29) is 5.91 Å². The van der Waals surface area contributed by atoms with Gasteiger partial charge < -0.3 is 10.6 Å². The molecule has 0 bridgehead atoms. The molecule has 1 aromatic heterocycles. The Labute approximate surface area is 124 Å². The molecular formula is C16H20N4O. The van der Waals surface area contributed by atoms with E-state index in [2.05, 4.69) is 15.7 Å². The first kappa shape index (κ1) is 13.8. The molecular weight excluding hydrogens is 264 g/mol. The number of rotatable bonds is 3. The van der Waals surface area contributed by atoms with E-state index >= 15 is 0 Å². The first-order chi connectivity index (χ1) is 10.2. The fraction of sp³-hybridized carbons (Fsp3) is 0.375. The molecule has 1 saturated heterocycles. The van der Waals surface area contributed by atoms with Gasteiger partial charge in [0.1, 0.15) is 0 Å². The van der Waals surface area contributed by atoms with Gasteiger partial charge >= 0.3 is 0 Å². The van der Waals surface area contributed by atoms with Crippen LogP contribution in [0.15, 0.2) is 42.6 Å². The fourth-order valence-electron chi connectivity index (χ4n) is 2.98. The molecule has 1 fully saturated rings. The second kappa shape index (κ2) is 5.69. The number of aryl methyl sites for hydroxylation is 1. The smallest absolute Gasteiger partial charge is 0.236 e. The zero-order valence-corrected chi connectivity index (χ0v) is 12.2. The van der Waals surface area contributed by atoms with Crippen molar-refractivity contribution in [1.29, 1.82) is 0 Å². The highest BCUT2D eigenvalue weighted by Gasteiger charge is 2.41. The van der Waals surface area contributed by atoms with Crippen molar-refractivity contribution >= 4 is 11.7 Å². The normalized spacial score (nSPS) is 17.4. The molecule has 0 atom stereocenters. The molecule has 3 rings (SSSR count). The van der Waals surface area contributed by atoms with E-state index in [1.165, 1.54) is 0 Å². The van der Waals surface area contributed by atoms with Gasteiger partial charge in [0.15, 0.2) is 5.82 Å². The lowest BCUT2D eigenvalue weighted by Gasteiger charge is -2.36. The lowest BCUT2D eigenvalue weighted by atomic mass is 9.72. The van der Waals surface area contributed by atoms with E-state index in [1.54, 1.807) is 4.68 Å². The standard InChI is InChI=1S/C16H20N4O/c1-20-12-7-14(19-20)18-15(21)16(8-10-17-11-9-16)13-5-3-2-4-6-13/h2-7,12,17H,8-11H2,1H3,(H,18,19,21). The summed E-state index contributed by atoms with van der Waals surface area (Å²) in [4.78, 5) is 12.9. The SMILES string of the molecule is Cn1ccc(NC(=O)C2(c3ccccc3)CCNCC2)n1. The minimum atomic E-state index is -0.468. The van der Waals surface area contributed by atoms with E-state index < -0.39 is 5.41 Å². The predicted molar refractivity (Wildman–Crippen MR) is 82.1 cm³/mol. The molecule has 1 aromatic carbocycles. The van der Waals surface area contributed by atoms with Crippen LogP contribution in [0.2, 0.25) is 0 Å². The van der Waals surface area contributed by atoms with Crippen molar-refractivity contribution in [3.8, 4) is 0 Å². The van der Waals surface area contributed by atoms with Crippen LogP contribution in [0.4, 0.5) is 5.82 Å². The van der Waals surface area contributed by atoms with Gasteiger partial charge in [-0.25, -0.2) is 0 Å². The number of benzene rings is 1. The van der Waals surface area contributed by atoms with Gasteiger partial charge in [-0.1, -0.05) is 30.3 Å². The molecule has 5 heteroatoms. The van der Waals surface area contributed by atoms with Crippen LogP contribution in [0, 0.1) is 0 Å². The van der Waals surface area contributed by atoms with Gasteiger partial charge in [-0.2, -0.15) is 5.10 Å². The summed E-state index contributed by atoms with van der Waals surface area (Å²) in [5.41, 5.74) is 0.615. The number of carbonyl (C=O) groups is 1. The molecule has 1 aliphatic rings. The van der Waals surface area contributed by atoms with Crippen LogP contribution in [0.1, 0.15) is 18.4 Å². The van der Waals surface area contributed by atoms with Crippen molar-refractivity contribution in [3.05, 3.63) is 48.2 Å². The van der Waals surface area contributed by atoms with Crippen LogP contribution in [-0.2, 0) is 17.3 Å². The van der Waals surface area contributed by atoms with Crippen LogP contribution >= 0.6 is 0 Å². The van der Waals surface area contributed by atoms with Crippen LogP contribution in [0.5, 0.6) is 0 Å². The van der Waals surface area contributed by atoms with Gasteiger partial charge in [0.2, 0.25) is 5.91 Å². The van der Waals surface area contributed by atoms with Crippen molar-refractivity contribution in [3.63, 3.8) is 0 Å². The van der Waals surface area contributed by atoms with Gasteiger partial charge in [-0.15, -0.1) is 0 Å². The summed E-state index contributed by atoms with van der Waals surface area (Å²) in [5, 5.41) is 10.5. The third kappa shape index (κ3) is 2.69. The Balaban J connectivity index is 1.90. The quantitative estimate of drug-likeness (QED) is 0.901. The van der Waals surface area contributed by atoms with E-state index in [9.17, 15) is 4.79 Å². The molecule has 2 aromatic rings. The average Bonchev–Trinajstić information content (AvgIpc) is 2.94. The number of carbonyl (C=O) groups excluding carboxylic acids is 1.